The molecule has 1 amide bonds. The molecule has 0 bridgehead atoms. The SMILES string of the molecule is Cc1ccc(-c2nc(Cn3nnc(C(=O)Nc4ccccc4C)c3C)c(C)o2)cc1. The lowest BCUT2D eigenvalue weighted by atomic mass is 10.1. The van der Waals surface area contributed by atoms with Crippen molar-refractivity contribution < 1.29 is 9.21 Å². The van der Waals surface area contributed by atoms with Crippen molar-refractivity contribution in [2.24, 2.45) is 0 Å². The molecule has 0 spiro atoms. The van der Waals surface area contributed by atoms with Crippen LogP contribution < -0.4 is 5.32 Å². The molecule has 7 nitrogen and oxygen atoms in total. The molecule has 0 radical (unpaired) electrons. The predicted molar refractivity (Wildman–Crippen MR) is 114 cm³/mol. The summed E-state index contributed by atoms with van der Waals surface area (Å²) in [7, 11) is 0. The summed E-state index contributed by atoms with van der Waals surface area (Å²) < 4.78 is 7.51. The van der Waals surface area contributed by atoms with Gasteiger partial charge in [-0.2, -0.15) is 0 Å². The number of hydrogen-bond donors (Lipinski definition) is 1. The van der Waals surface area contributed by atoms with Crippen molar-refractivity contribution in [2.45, 2.75) is 34.2 Å². The number of aryl methyl sites for hydroxylation is 3. The summed E-state index contributed by atoms with van der Waals surface area (Å²) in [5.74, 6) is 0.995. The summed E-state index contributed by atoms with van der Waals surface area (Å²) in [6.45, 7) is 8.05. The molecule has 7 heteroatoms. The molecule has 2 aromatic carbocycles. The molecule has 0 saturated heterocycles. The molecule has 4 rings (SSSR count). The number of oxazole rings is 1. The zero-order valence-corrected chi connectivity index (χ0v) is 17.4. The number of rotatable bonds is 5. The fourth-order valence-electron chi connectivity index (χ4n) is 3.15. The van der Waals surface area contributed by atoms with Crippen LogP contribution in [0.4, 0.5) is 5.69 Å². The maximum absolute atomic E-state index is 12.7. The van der Waals surface area contributed by atoms with Gasteiger partial charge in [0, 0.05) is 11.3 Å². The van der Waals surface area contributed by atoms with Crippen molar-refractivity contribution in [3.05, 3.63) is 82.5 Å². The van der Waals surface area contributed by atoms with Crippen LogP contribution >= 0.6 is 0 Å². The Hall–Kier alpha value is -3.74. The lowest BCUT2D eigenvalue weighted by molar-refractivity contribution is 0.102. The smallest absolute Gasteiger partial charge is 0.278 e. The van der Waals surface area contributed by atoms with Crippen molar-refractivity contribution in [3.8, 4) is 11.5 Å². The second-order valence-electron chi connectivity index (χ2n) is 7.34. The number of anilines is 1. The maximum Gasteiger partial charge on any atom is 0.278 e. The van der Waals surface area contributed by atoms with Crippen LogP contribution in [0.15, 0.2) is 52.9 Å². The van der Waals surface area contributed by atoms with Gasteiger partial charge in [-0.25, -0.2) is 9.67 Å². The van der Waals surface area contributed by atoms with Crippen molar-refractivity contribution in [1.29, 1.82) is 0 Å². The fraction of sp³-hybridized carbons (Fsp3) is 0.217. The van der Waals surface area contributed by atoms with Crippen LogP contribution in [0, 0.1) is 27.7 Å². The monoisotopic (exact) mass is 401 g/mol. The van der Waals surface area contributed by atoms with Crippen molar-refractivity contribution in [2.75, 3.05) is 5.32 Å². The Kier molecular flexibility index (Phi) is 5.18. The summed E-state index contributed by atoms with van der Waals surface area (Å²) in [5.41, 5.74) is 5.55. The molecule has 0 aliphatic rings. The van der Waals surface area contributed by atoms with Gasteiger partial charge in [0.15, 0.2) is 5.69 Å². The third-order valence-corrected chi connectivity index (χ3v) is 5.08. The van der Waals surface area contributed by atoms with Gasteiger partial charge >= 0.3 is 0 Å². The van der Waals surface area contributed by atoms with E-state index in [0.717, 1.165) is 22.5 Å². The molecular weight excluding hydrogens is 378 g/mol. The van der Waals surface area contributed by atoms with E-state index in [1.165, 1.54) is 5.56 Å². The van der Waals surface area contributed by atoms with Gasteiger partial charge in [-0.1, -0.05) is 41.1 Å². The lowest BCUT2D eigenvalue weighted by Crippen LogP contribution is -2.15. The highest BCUT2D eigenvalue weighted by atomic mass is 16.4. The van der Waals surface area contributed by atoms with Gasteiger partial charge in [-0.05, 0) is 51.5 Å². The van der Waals surface area contributed by atoms with Gasteiger partial charge in [0.25, 0.3) is 5.91 Å². The summed E-state index contributed by atoms with van der Waals surface area (Å²) in [4.78, 5) is 17.3. The summed E-state index contributed by atoms with van der Waals surface area (Å²) in [6.07, 6.45) is 0. The first-order valence-electron chi connectivity index (χ1n) is 9.73. The largest absolute Gasteiger partial charge is 0.441 e. The van der Waals surface area contributed by atoms with Crippen LogP contribution in [0.2, 0.25) is 0 Å². The Morgan fingerprint density at radius 2 is 1.77 bits per heavy atom. The molecule has 30 heavy (non-hydrogen) atoms. The molecule has 0 fully saturated rings. The van der Waals surface area contributed by atoms with E-state index in [-0.39, 0.29) is 11.6 Å². The van der Waals surface area contributed by atoms with E-state index in [1.54, 1.807) is 4.68 Å². The third-order valence-electron chi connectivity index (χ3n) is 5.08. The summed E-state index contributed by atoms with van der Waals surface area (Å²) >= 11 is 0. The first-order valence-corrected chi connectivity index (χ1v) is 9.73. The minimum absolute atomic E-state index is 0.287. The number of amides is 1. The minimum Gasteiger partial charge on any atom is -0.441 e. The van der Waals surface area contributed by atoms with Gasteiger partial charge in [0.2, 0.25) is 5.89 Å². The number of benzene rings is 2. The van der Waals surface area contributed by atoms with Gasteiger partial charge < -0.3 is 9.73 Å². The van der Waals surface area contributed by atoms with E-state index in [1.807, 2.05) is 76.2 Å². The standard InChI is InChI=1S/C23H23N5O2/c1-14-9-11-18(12-10-14)23-25-20(17(4)30-23)13-28-16(3)21(26-27-28)22(29)24-19-8-6-5-7-15(19)2/h5-12H,13H2,1-4H3,(H,24,29). The van der Waals surface area contributed by atoms with Gasteiger partial charge in [-0.15, -0.1) is 5.10 Å². The number of hydrogen-bond acceptors (Lipinski definition) is 5. The van der Waals surface area contributed by atoms with Crippen LogP contribution in [0.3, 0.4) is 0 Å². The molecule has 1 N–H and O–H groups in total. The summed E-state index contributed by atoms with van der Waals surface area (Å²) in [6, 6.07) is 15.6. The van der Waals surface area contributed by atoms with E-state index in [4.69, 9.17) is 4.42 Å². The molecule has 2 heterocycles. The van der Waals surface area contributed by atoms with E-state index in [9.17, 15) is 4.79 Å². The molecule has 0 aliphatic carbocycles. The quantitative estimate of drug-likeness (QED) is 0.533. The molecule has 0 unspecified atom stereocenters. The van der Waals surface area contributed by atoms with Crippen LogP contribution in [0.25, 0.3) is 11.5 Å². The Morgan fingerprint density at radius 3 is 2.50 bits per heavy atom. The van der Waals surface area contributed by atoms with Crippen molar-refractivity contribution >= 4 is 11.6 Å². The second kappa shape index (κ2) is 7.94. The number of nitrogens with zero attached hydrogens (tertiary/aromatic N) is 4. The van der Waals surface area contributed by atoms with Crippen LogP contribution in [-0.4, -0.2) is 25.9 Å². The normalized spacial score (nSPS) is 10.9. The van der Waals surface area contributed by atoms with Gasteiger partial charge in [0.1, 0.15) is 11.5 Å². The first-order chi connectivity index (χ1) is 14.4. The maximum atomic E-state index is 12.7. The number of carbonyl (C=O) groups is 1. The van der Waals surface area contributed by atoms with E-state index >= 15 is 0 Å². The number of aromatic nitrogens is 4. The molecule has 0 saturated carbocycles. The van der Waals surface area contributed by atoms with Crippen molar-refractivity contribution in [3.63, 3.8) is 0 Å². The lowest BCUT2D eigenvalue weighted by Gasteiger charge is -2.07. The topological polar surface area (TPSA) is 85.8 Å². The Bertz CT molecular complexity index is 1200. The zero-order valence-electron chi connectivity index (χ0n) is 17.4. The predicted octanol–water partition coefficient (Wildman–Crippen LogP) is 4.47. The fourth-order valence-corrected chi connectivity index (χ4v) is 3.15. The van der Waals surface area contributed by atoms with Gasteiger partial charge in [0.05, 0.1) is 12.2 Å². The van der Waals surface area contributed by atoms with Crippen molar-refractivity contribution in [1.82, 2.24) is 20.0 Å². The highest BCUT2D eigenvalue weighted by Crippen LogP contribution is 2.23. The number of nitrogens with one attached hydrogen (secondary N) is 1. The minimum atomic E-state index is -0.287. The zero-order chi connectivity index (χ0) is 21.3. The molecule has 0 atom stereocenters. The van der Waals surface area contributed by atoms with Gasteiger partial charge in [-0.3, -0.25) is 4.79 Å². The molecule has 152 valence electrons. The highest BCUT2D eigenvalue weighted by Gasteiger charge is 2.19. The number of carbonyl (C=O) groups excluding carboxylic acids is 1. The van der Waals surface area contributed by atoms with E-state index in [2.05, 4.69) is 20.6 Å². The van der Waals surface area contributed by atoms with Crippen LogP contribution in [-0.2, 0) is 6.54 Å². The average molecular weight is 401 g/mol. The highest BCUT2D eigenvalue weighted by molar-refractivity contribution is 6.03. The Balaban J connectivity index is 1.54. The molecule has 2 aromatic heterocycles. The number of para-hydroxylation sites is 1. The molecule has 4 aromatic rings. The Morgan fingerprint density at radius 1 is 1.03 bits per heavy atom. The average Bonchev–Trinajstić information content (AvgIpc) is 3.27. The second-order valence-corrected chi connectivity index (χ2v) is 7.34. The third kappa shape index (κ3) is 3.87. The summed E-state index contributed by atoms with van der Waals surface area (Å²) in [5, 5.41) is 11.1. The van der Waals surface area contributed by atoms with Crippen LogP contribution in [0.5, 0.6) is 0 Å². The molecule has 0 aliphatic heterocycles. The van der Waals surface area contributed by atoms with Crippen LogP contribution in [0.1, 0.15) is 38.8 Å². The first kappa shape index (κ1) is 19.6. The van der Waals surface area contributed by atoms with E-state index < -0.39 is 0 Å². The molecular formula is C23H23N5O2. The Labute approximate surface area is 174 Å². The van der Waals surface area contributed by atoms with E-state index in [0.29, 0.717) is 23.9 Å².